The van der Waals surface area contributed by atoms with E-state index in [0.717, 1.165) is 0 Å². The first-order chi connectivity index (χ1) is 7.72. The van der Waals surface area contributed by atoms with Gasteiger partial charge in [-0.1, -0.05) is 15.9 Å². The molecular weight excluding hydrogens is 294 g/mol. The van der Waals surface area contributed by atoms with Gasteiger partial charge in [0.2, 0.25) is 0 Å². The highest BCUT2D eigenvalue weighted by Gasteiger charge is 2.17. The first-order valence-electron chi connectivity index (χ1n) is 4.70. The summed E-state index contributed by atoms with van der Waals surface area (Å²) in [5, 5.41) is 5.34. The molecule has 16 heavy (non-hydrogen) atoms. The van der Waals surface area contributed by atoms with Crippen molar-refractivity contribution in [3.05, 3.63) is 16.3 Å². The Morgan fingerprint density at radius 2 is 2.38 bits per heavy atom. The lowest BCUT2D eigenvalue weighted by atomic mass is 10.3. The minimum absolute atomic E-state index is 0.0377. The number of nitrogens with one attached hydrogen (secondary N) is 1. The van der Waals surface area contributed by atoms with Gasteiger partial charge in [0.1, 0.15) is 10.6 Å². The zero-order chi connectivity index (χ0) is 12.0. The number of alkyl halides is 1. The molecule has 1 heterocycles. The molecule has 1 aromatic heterocycles. The Hall–Kier alpha value is -0.590. The van der Waals surface area contributed by atoms with E-state index in [1.165, 1.54) is 11.3 Å². The highest BCUT2D eigenvalue weighted by atomic mass is 79.9. The third-order valence-electron chi connectivity index (χ3n) is 1.94. The van der Waals surface area contributed by atoms with Crippen molar-refractivity contribution in [3.63, 3.8) is 0 Å². The number of methoxy groups -OCH3 is 2. The van der Waals surface area contributed by atoms with Gasteiger partial charge in [0.05, 0.1) is 19.8 Å². The Morgan fingerprint density at radius 1 is 1.62 bits per heavy atom. The van der Waals surface area contributed by atoms with E-state index in [-0.39, 0.29) is 11.9 Å². The third kappa shape index (κ3) is 3.47. The van der Waals surface area contributed by atoms with Crippen molar-refractivity contribution in [3.8, 4) is 5.75 Å². The van der Waals surface area contributed by atoms with Gasteiger partial charge in [-0.05, 0) is 11.4 Å². The van der Waals surface area contributed by atoms with Crippen molar-refractivity contribution < 1.29 is 14.3 Å². The second-order valence-corrected chi connectivity index (χ2v) is 4.66. The molecule has 0 bridgehead atoms. The normalized spacial score (nSPS) is 12.2. The van der Waals surface area contributed by atoms with Crippen LogP contribution >= 0.6 is 27.3 Å². The molecule has 6 heteroatoms. The Morgan fingerprint density at radius 3 is 2.94 bits per heavy atom. The molecule has 1 unspecified atom stereocenters. The molecule has 0 spiro atoms. The van der Waals surface area contributed by atoms with E-state index < -0.39 is 0 Å². The largest absolute Gasteiger partial charge is 0.495 e. The summed E-state index contributed by atoms with van der Waals surface area (Å²) in [6, 6.07) is 1.74. The van der Waals surface area contributed by atoms with E-state index in [1.807, 2.05) is 5.38 Å². The maximum absolute atomic E-state index is 11.9. The van der Waals surface area contributed by atoms with Crippen LogP contribution in [0.1, 0.15) is 9.67 Å². The average Bonchev–Trinajstić information content (AvgIpc) is 2.76. The molecule has 0 aliphatic rings. The summed E-state index contributed by atoms with van der Waals surface area (Å²) in [5.74, 6) is 0.474. The molecule has 0 radical (unpaired) electrons. The minimum Gasteiger partial charge on any atom is -0.495 e. The quantitative estimate of drug-likeness (QED) is 0.817. The van der Waals surface area contributed by atoms with Gasteiger partial charge in [-0.25, -0.2) is 0 Å². The van der Waals surface area contributed by atoms with E-state index in [9.17, 15) is 4.79 Å². The molecule has 1 aromatic rings. The van der Waals surface area contributed by atoms with Crippen LogP contribution in [0.5, 0.6) is 5.75 Å². The average molecular weight is 308 g/mol. The molecule has 1 rings (SSSR count). The predicted octanol–water partition coefficient (Wildman–Crippen LogP) is 1.90. The van der Waals surface area contributed by atoms with E-state index in [1.54, 1.807) is 20.3 Å². The number of rotatable bonds is 6. The molecule has 4 nitrogen and oxygen atoms in total. The van der Waals surface area contributed by atoms with Crippen LogP contribution in [0.4, 0.5) is 0 Å². The maximum atomic E-state index is 11.9. The SMILES string of the molecule is COCC(CBr)NC(=O)c1sccc1OC. The molecule has 0 fully saturated rings. The highest BCUT2D eigenvalue weighted by Crippen LogP contribution is 2.24. The van der Waals surface area contributed by atoms with Crippen LogP contribution in [-0.4, -0.2) is 38.1 Å². The minimum atomic E-state index is -0.131. The number of amides is 1. The summed E-state index contributed by atoms with van der Waals surface area (Å²) in [7, 11) is 3.16. The molecule has 0 saturated carbocycles. The fourth-order valence-corrected chi connectivity index (χ4v) is 2.31. The monoisotopic (exact) mass is 307 g/mol. The van der Waals surface area contributed by atoms with Crippen LogP contribution in [-0.2, 0) is 4.74 Å². The summed E-state index contributed by atoms with van der Waals surface area (Å²) >= 11 is 4.68. The van der Waals surface area contributed by atoms with Crippen molar-refractivity contribution in [1.29, 1.82) is 0 Å². The topological polar surface area (TPSA) is 47.6 Å². The molecule has 1 amide bonds. The Kier molecular flexibility index (Phi) is 5.79. The van der Waals surface area contributed by atoms with Crippen LogP contribution in [0.25, 0.3) is 0 Å². The van der Waals surface area contributed by atoms with E-state index in [4.69, 9.17) is 9.47 Å². The number of carbonyl (C=O) groups is 1. The number of hydrogen-bond acceptors (Lipinski definition) is 4. The van der Waals surface area contributed by atoms with Gasteiger partial charge in [-0.15, -0.1) is 11.3 Å². The molecular formula is C10H14BrNO3S. The van der Waals surface area contributed by atoms with Gasteiger partial charge in [0.25, 0.3) is 5.91 Å². The summed E-state index contributed by atoms with van der Waals surface area (Å²) in [5.41, 5.74) is 0. The first-order valence-corrected chi connectivity index (χ1v) is 6.70. The number of ether oxygens (including phenoxy) is 2. The molecule has 0 aliphatic carbocycles. The third-order valence-corrected chi connectivity index (χ3v) is 3.62. The summed E-state index contributed by atoms with van der Waals surface area (Å²) < 4.78 is 10.1. The van der Waals surface area contributed by atoms with E-state index in [2.05, 4.69) is 21.2 Å². The fourth-order valence-electron chi connectivity index (χ4n) is 1.20. The number of hydrogen-bond donors (Lipinski definition) is 1. The molecule has 1 atom stereocenters. The highest BCUT2D eigenvalue weighted by molar-refractivity contribution is 9.09. The van der Waals surface area contributed by atoms with Gasteiger partial charge in [-0.3, -0.25) is 4.79 Å². The van der Waals surface area contributed by atoms with Crippen molar-refractivity contribution in [2.45, 2.75) is 6.04 Å². The van der Waals surface area contributed by atoms with Crippen LogP contribution in [0.2, 0.25) is 0 Å². The Labute approximate surface area is 107 Å². The van der Waals surface area contributed by atoms with Crippen molar-refractivity contribution in [1.82, 2.24) is 5.32 Å². The van der Waals surface area contributed by atoms with Gasteiger partial charge >= 0.3 is 0 Å². The van der Waals surface area contributed by atoms with Crippen molar-refractivity contribution in [2.24, 2.45) is 0 Å². The van der Waals surface area contributed by atoms with E-state index >= 15 is 0 Å². The molecule has 0 saturated heterocycles. The van der Waals surface area contributed by atoms with Crippen molar-refractivity contribution >= 4 is 33.2 Å². The lowest BCUT2D eigenvalue weighted by Gasteiger charge is -2.14. The van der Waals surface area contributed by atoms with Crippen LogP contribution in [0.3, 0.4) is 0 Å². The predicted molar refractivity (Wildman–Crippen MR) is 67.8 cm³/mol. The van der Waals surface area contributed by atoms with E-state index in [0.29, 0.717) is 22.6 Å². The lowest BCUT2D eigenvalue weighted by molar-refractivity contribution is 0.0909. The van der Waals surface area contributed by atoms with Gasteiger partial charge in [0.15, 0.2) is 0 Å². The zero-order valence-electron chi connectivity index (χ0n) is 9.16. The van der Waals surface area contributed by atoms with Crippen molar-refractivity contribution in [2.75, 3.05) is 26.2 Å². The lowest BCUT2D eigenvalue weighted by Crippen LogP contribution is -2.39. The second-order valence-electron chi connectivity index (χ2n) is 3.10. The molecule has 1 N–H and O–H groups in total. The summed E-state index contributed by atoms with van der Waals surface area (Å²) in [6.07, 6.45) is 0. The molecule has 0 aliphatic heterocycles. The Bertz CT molecular complexity index is 343. The maximum Gasteiger partial charge on any atom is 0.265 e. The zero-order valence-corrected chi connectivity index (χ0v) is 11.6. The number of thiophene rings is 1. The van der Waals surface area contributed by atoms with Crippen LogP contribution in [0.15, 0.2) is 11.4 Å². The van der Waals surface area contributed by atoms with Gasteiger partial charge in [-0.2, -0.15) is 0 Å². The Balaban J connectivity index is 2.64. The fraction of sp³-hybridized carbons (Fsp3) is 0.500. The first kappa shape index (κ1) is 13.5. The van der Waals surface area contributed by atoms with Crippen LogP contribution < -0.4 is 10.1 Å². The van der Waals surface area contributed by atoms with Gasteiger partial charge < -0.3 is 14.8 Å². The van der Waals surface area contributed by atoms with Crippen LogP contribution in [0, 0.1) is 0 Å². The summed E-state index contributed by atoms with van der Waals surface area (Å²) in [6.45, 7) is 0.477. The standard InChI is InChI=1S/C10H14BrNO3S/c1-14-6-7(5-11)12-10(13)9-8(15-2)3-4-16-9/h3-4,7H,5-6H2,1-2H3,(H,12,13). The van der Waals surface area contributed by atoms with Gasteiger partial charge in [0, 0.05) is 12.4 Å². The summed E-state index contributed by atoms with van der Waals surface area (Å²) in [4.78, 5) is 12.5. The smallest absolute Gasteiger partial charge is 0.265 e. The number of carbonyl (C=O) groups excluding carboxylic acids is 1. The molecule has 90 valence electrons. The molecule has 0 aromatic carbocycles. The number of halogens is 1. The second kappa shape index (κ2) is 6.88.